The van der Waals surface area contributed by atoms with Gasteiger partial charge in [-0.05, 0) is 56.4 Å². The number of hydrogen-bond donors (Lipinski definition) is 0. The maximum Gasteiger partial charge on any atom is 0.222 e. The fourth-order valence-electron chi connectivity index (χ4n) is 7.76. The highest BCUT2D eigenvalue weighted by Gasteiger charge is 2.23. The van der Waals surface area contributed by atoms with E-state index in [9.17, 15) is 4.79 Å². The third-order valence-electron chi connectivity index (χ3n) is 11.2. The molecular weight excluding hydrogens is 765 g/mol. The van der Waals surface area contributed by atoms with Crippen molar-refractivity contribution < 1.29 is 4.79 Å². The summed E-state index contributed by atoms with van der Waals surface area (Å²) in [4.78, 5) is 28.4. The van der Waals surface area contributed by atoms with E-state index in [0.717, 1.165) is 97.5 Å². The molecule has 0 bridgehead atoms. The van der Waals surface area contributed by atoms with Crippen molar-refractivity contribution in [3.8, 4) is 0 Å². The number of nitrogens with zero attached hydrogens (tertiary/aromatic N) is 10. The second kappa shape index (κ2) is 21.6. The predicted octanol–water partition coefficient (Wildman–Crippen LogP) is 10.6. The van der Waals surface area contributed by atoms with Crippen molar-refractivity contribution in [1.29, 1.82) is 0 Å². The summed E-state index contributed by atoms with van der Waals surface area (Å²) in [7, 11) is 0. The Hall–Kier alpha value is -5.62. The third-order valence-corrected chi connectivity index (χ3v) is 12.4. The molecule has 1 aliphatic heterocycles. The number of rotatable bonds is 15. The molecule has 3 aromatic carbocycles. The molecule has 1 saturated heterocycles. The smallest absolute Gasteiger partial charge is 0.222 e. The zero-order valence-electron chi connectivity index (χ0n) is 35.6. The minimum absolute atomic E-state index is 0.256. The maximum atomic E-state index is 12.7. The molecule has 314 valence electrons. The van der Waals surface area contributed by atoms with Crippen molar-refractivity contribution in [3.63, 3.8) is 0 Å². The minimum atomic E-state index is 0.256. The van der Waals surface area contributed by atoms with E-state index in [-0.39, 0.29) is 5.91 Å². The van der Waals surface area contributed by atoms with Gasteiger partial charge in [0.25, 0.3) is 0 Å². The van der Waals surface area contributed by atoms with Crippen LogP contribution in [-0.2, 0) is 30.8 Å². The number of para-hydroxylation sites is 2. The zero-order valence-corrected chi connectivity index (χ0v) is 36.4. The number of amides is 1. The molecule has 12 heteroatoms. The van der Waals surface area contributed by atoms with Crippen LogP contribution in [0.25, 0.3) is 42.9 Å². The van der Waals surface area contributed by atoms with Crippen molar-refractivity contribution in [1.82, 2.24) is 44.2 Å². The van der Waals surface area contributed by atoms with Gasteiger partial charge in [-0.3, -0.25) is 18.8 Å². The Morgan fingerprint density at radius 1 is 0.667 bits per heavy atom. The van der Waals surface area contributed by atoms with E-state index in [2.05, 4.69) is 127 Å². The number of thiophene rings is 1. The Balaban J connectivity index is 0.000000160. The summed E-state index contributed by atoms with van der Waals surface area (Å²) in [5.74, 6) is 1.26. The Kier molecular flexibility index (Phi) is 15.3. The van der Waals surface area contributed by atoms with Gasteiger partial charge in [-0.1, -0.05) is 101 Å². The summed E-state index contributed by atoms with van der Waals surface area (Å²) >= 11 is 1.74. The number of benzene rings is 3. The number of fused-ring (bicyclic) bond motifs is 4. The van der Waals surface area contributed by atoms with Crippen LogP contribution in [0.1, 0.15) is 83.4 Å². The first-order valence-electron chi connectivity index (χ1n) is 22.0. The number of hydrogen-bond acceptors (Lipinski definition) is 8. The van der Waals surface area contributed by atoms with Crippen LogP contribution in [0.15, 0.2) is 104 Å². The summed E-state index contributed by atoms with van der Waals surface area (Å²) in [6, 6.07) is 27.1. The van der Waals surface area contributed by atoms with Crippen molar-refractivity contribution in [2.45, 2.75) is 105 Å². The molecule has 5 aromatic heterocycles. The van der Waals surface area contributed by atoms with Gasteiger partial charge >= 0.3 is 0 Å². The van der Waals surface area contributed by atoms with Crippen LogP contribution in [0, 0.1) is 0 Å². The fraction of sp³-hybridized carbons (Fsp3) is 0.417. The molecule has 0 saturated carbocycles. The first-order valence-corrected chi connectivity index (χ1v) is 22.9. The summed E-state index contributed by atoms with van der Waals surface area (Å²) in [6.45, 7) is 12.7. The molecule has 0 aliphatic carbocycles. The first kappa shape index (κ1) is 42.5. The quantitative estimate of drug-likeness (QED) is 0.0949. The summed E-state index contributed by atoms with van der Waals surface area (Å²) in [5.41, 5.74) is 3.51. The standard InChI is InChI=1S/C24H28N6OS.2C12H16N2/c1-2-19-15-20-23(25-17-26-24(20)32-19)29-13-11-28(12-14-29)22(31)9-5-6-10-30-21-8-4-3-7-18(21)16-27-30;1-2-3-6-9-14-10-11-7-4-5-8-12(11)13-14;1-2-3-6-9-14-12-8-5-4-7-11(12)10-13-14/h3-4,7-8,15-17H,2,5-6,9-14H2,1H3;2*4-5,7-8,10H,2-3,6,9H2,1H3. The molecule has 1 aliphatic rings. The normalized spacial score (nSPS) is 12.8. The lowest BCUT2D eigenvalue weighted by Crippen LogP contribution is -2.49. The summed E-state index contributed by atoms with van der Waals surface area (Å²) in [6.07, 6.45) is 18.6. The van der Waals surface area contributed by atoms with E-state index in [1.807, 2.05) is 40.2 Å². The van der Waals surface area contributed by atoms with Crippen LogP contribution in [0.5, 0.6) is 0 Å². The van der Waals surface area contributed by atoms with Gasteiger partial charge in [0.1, 0.15) is 17.0 Å². The minimum Gasteiger partial charge on any atom is -0.352 e. The molecule has 0 radical (unpaired) electrons. The first-order chi connectivity index (χ1) is 29.5. The Bertz CT molecular complexity index is 2500. The second-order valence-corrected chi connectivity index (χ2v) is 16.6. The maximum absolute atomic E-state index is 12.7. The molecule has 6 heterocycles. The molecule has 0 N–H and O–H groups in total. The number of aryl methyl sites for hydroxylation is 4. The molecule has 0 spiro atoms. The molecule has 0 atom stereocenters. The highest BCUT2D eigenvalue weighted by atomic mass is 32.1. The van der Waals surface area contributed by atoms with Crippen LogP contribution in [-0.4, -0.2) is 76.3 Å². The SMILES string of the molecule is CCCCCn1cc2ccccc2n1.CCCCCn1ncc2ccccc21.CCc1cc2c(N3CCN(C(=O)CCCCn4ncc5ccccc54)CC3)ncnc2s1. The van der Waals surface area contributed by atoms with Gasteiger partial charge in [-0.15, -0.1) is 11.3 Å². The van der Waals surface area contributed by atoms with Gasteiger partial charge in [0.15, 0.2) is 0 Å². The van der Waals surface area contributed by atoms with Gasteiger partial charge in [-0.2, -0.15) is 15.3 Å². The van der Waals surface area contributed by atoms with E-state index in [1.165, 1.54) is 59.7 Å². The number of carbonyl (C=O) groups is 1. The van der Waals surface area contributed by atoms with Gasteiger partial charge in [0.2, 0.25) is 5.91 Å². The van der Waals surface area contributed by atoms with Crippen LogP contribution in [0.2, 0.25) is 0 Å². The number of piperazine rings is 1. The average Bonchev–Trinajstić information content (AvgIpc) is 4.11. The van der Waals surface area contributed by atoms with E-state index in [1.54, 1.807) is 17.7 Å². The lowest BCUT2D eigenvalue weighted by atomic mass is 10.2. The van der Waals surface area contributed by atoms with Crippen molar-refractivity contribution in [2.24, 2.45) is 0 Å². The van der Waals surface area contributed by atoms with Crippen LogP contribution in [0.4, 0.5) is 5.82 Å². The molecule has 8 aromatic rings. The zero-order chi connectivity index (χ0) is 41.5. The van der Waals surface area contributed by atoms with Crippen molar-refractivity contribution >= 4 is 66.0 Å². The number of anilines is 1. The summed E-state index contributed by atoms with van der Waals surface area (Å²) < 4.78 is 6.20. The van der Waals surface area contributed by atoms with E-state index in [0.29, 0.717) is 6.42 Å². The van der Waals surface area contributed by atoms with Gasteiger partial charge < -0.3 is 9.80 Å². The van der Waals surface area contributed by atoms with E-state index < -0.39 is 0 Å². The van der Waals surface area contributed by atoms with Crippen molar-refractivity contribution in [2.75, 3.05) is 31.1 Å². The van der Waals surface area contributed by atoms with Crippen molar-refractivity contribution in [3.05, 3.63) is 109 Å². The fourth-order valence-corrected chi connectivity index (χ4v) is 8.69. The van der Waals surface area contributed by atoms with Gasteiger partial charge in [0, 0.05) is 79.5 Å². The van der Waals surface area contributed by atoms with Crippen LogP contribution >= 0.6 is 11.3 Å². The van der Waals surface area contributed by atoms with Gasteiger partial charge in [0.05, 0.1) is 34.3 Å². The van der Waals surface area contributed by atoms with Crippen LogP contribution in [0.3, 0.4) is 0 Å². The highest BCUT2D eigenvalue weighted by Crippen LogP contribution is 2.31. The monoisotopic (exact) mass is 824 g/mol. The highest BCUT2D eigenvalue weighted by molar-refractivity contribution is 7.18. The third kappa shape index (κ3) is 10.9. The second-order valence-electron chi connectivity index (χ2n) is 15.5. The molecule has 1 amide bonds. The molecule has 11 nitrogen and oxygen atoms in total. The molecule has 0 unspecified atom stereocenters. The lowest BCUT2D eigenvalue weighted by molar-refractivity contribution is -0.131. The van der Waals surface area contributed by atoms with E-state index in [4.69, 9.17) is 0 Å². The van der Waals surface area contributed by atoms with E-state index >= 15 is 0 Å². The molecular formula is C48H60N10OS. The number of carbonyl (C=O) groups excluding carboxylic acids is 1. The average molecular weight is 825 g/mol. The molecule has 9 rings (SSSR count). The Morgan fingerprint density at radius 3 is 1.90 bits per heavy atom. The number of unbranched alkanes of at least 4 members (excludes halogenated alkanes) is 5. The Morgan fingerprint density at radius 2 is 1.27 bits per heavy atom. The Labute approximate surface area is 358 Å². The molecule has 1 fully saturated rings. The van der Waals surface area contributed by atoms with Gasteiger partial charge in [-0.25, -0.2) is 9.97 Å². The predicted molar refractivity (Wildman–Crippen MR) is 248 cm³/mol. The summed E-state index contributed by atoms with van der Waals surface area (Å²) in [5, 5.41) is 18.1. The topological polar surface area (TPSA) is 103 Å². The lowest BCUT2D eigenvalue weighted by Gasteiger charge is -2.35. The largest absolute Gasteiger partial charge is 0.352 e. The van der Waals surface area contributed by atoms with Crippen LogP contribution < -0.4 is 4.90 Å². The number of aromatic nitrogens is 8. The molecule has 60 heavy (non-hydrogen) atoms.